The molecule has 4 rings (SSSR count). The number of nitrogens with zero attached hydrogens (tertiary/aromatic N) is 1. The lowest BCUT2D eigenvalue weighted by atomic mass is 9.70. The summed E-state index contributed by atoms with van der Waals surface area (Å²) in [7, 11) is 0. The normalized spacial score (nSPS) is 18.6. The predicted molar refractivity (Wildman–Crippen MR) is 106 cm³/mol. The molecule has 0 radical (unpaired) electrons. The molecule has 1 saturated heterocycles. The Morgan fingerprint density at radius 2 is 1.74 bits per heavy atom. The molecule has 0 bridgehead atoms. The number of carbonyl (C=O) groups excluding carboxylic acids is 2. The van der Waals surface area contributed by atoms with E-state index in [0.717, 1.165) is 30.6 Å². The van der Waals surface area contributed by atoms with Crippen LogP contribution >= 0.6 is 0 Å². The lowest BCUT2D eigenvalue weighted by molar-refractivity contribution is -0.124. The molecular formula is C23H26N2O2. The van der Waals surface area contributed by atoms with Gasteiger partial charge in [0.1, 0.15) is 5.78 Å². The van der Waals surface area contributed by atoms with Gasteiger partial charge in [-0.2, -0.15) is 0 Å². The molecule has 0 unspecified atom stereocenters. The van der Waals surface area contributed by atoms with Crippen molar-refractivity contribution in [3.8, 4) is 0 Å². The zero-order chi connectivity index (χ0) is 18.9. The van der Waals surface area contributed by atoms with Gasteiger partial charge in [-0.25, -0.2) is 0 Å². The topological polar surface area (TPSA) is 49.4 Å². The van der Waals surface area contributed by atoms with E-state index in [1.54, 1.807) is 6.92 Å². The highest BCUT2D eigenvalue weighted by atomic mass is 16.2. The average molecular weight is 362 g/mol. The van der Waals surface area contributed by atoms with Crippen molar-refractivity contribution in [2.45, 2.75) is 38.1 Å². The third kappa shape index (κ3) is 3.30. The second-order valence-corrected chi connectivity index (χ2v) is 7.71. The standard InChI is InChI=1S/C23H26N2O2/c1-17(26)23(21-5-3-2-4-6-21)10-13-25(14-11-23)22(27)19-7-8-20-16-24-12-9-18(20)15-19/h2-8,15,24H,9-14,16H2,1H3. The molecule has 0 saturated carbocycles. The van der Waals surface area contributed by atoms with Gasteiger partial charge in [-0.05, 0) is 61.6 Å². The number of nitrogens with one attached hydrogen (secondary N) is 1. The first-order valence-electron chi connectivity index (χ1n) is 9.78. The Bertz CT molecular complexity index is 852. The third-order valence-corrected chi connectivity index (χ3v) is 6.24. The van der Waals surface area contributed by atoms with E-state index in [1.165, 1.54) is 11.1 Å². The van der Waals surface area contributed by atoms with Gasteiger partial charge in [-0.1, -0.05) is 36.4 Å². The summed E-state index contributed by atoms with van der Waals surface area (Å²) in [6.07, 6.45) is 2.35. The van der Waals surface area contributed by atoms with Crippen molar-refractivity contribution in [1.82, 2.24) is 10.2 Å². The summed E-state index contributed by atoms with van der Waals surface area (Å²) in [5, 5.41) is 3.36. The summed E-state index contributed by atoms with van der Waals surface area (Å²) in [6, 6.07) is 16.1. The van der Waals surface area contributed by atoms with Crippen LogP contribution in [0.5, 0.6) is 0 Å². The van der Waals surface area contributed by atoms with E-state index in [-0.39, 0.29) is 11.7 Å². The lowest BCUT2D eigenvalue weighted by Crippen LogP contribution is -2.48. The molecule has 27 heavy (non-hydrogen) atoms. The molecule has 2 heterocycles. The molecule has 0 aliphatic carbocycles. The number of hydrogen-bond acceptors (Lipinski definition) is 3. The highest BCUT2D eigenvalue weighted by Crippen LogP contribution is 2.37. The van der Waals surface area contributed by atoms with Gasteiger partial charge in [0.05, 0.1) is 5.41 Å². The fourth-order valence-electron chi connectivity index (χ4n) is 4.49. The molecule has 0 aromatic heterocycles. The van der Waals surface area contributed by atoms with Crippen LogP contribution in [0.15, 0.2) is 48.5 Å². The second kappa shape index (κ2) is 7.28. The van der Waals surface area contributed by atoms with E-state index in [2.05, 4.69) is 17.4 Å². The van der Waals surface area contributed by atoms with Crippen LogP contribution in [0.4, 0.5) is 0 Å². The van der Waals surface area contributed by atoms with Crippen LogP contribution in [-0.4, -0.2) is 36.2 Å². The summed E-state index contributed by atoms with van der Waals surface area (Å²) in [4.78, 5) is 27.5. The molecule has 2 aliphatic rings. The molecule has 140 valence electrons. The number of likely N-dealkylation sites (tertiary alicyclic amines) is 1. The fourth-order valence-corrected chi connectivity index (χ4v) is 4.49. The molecule has 4 heteroatoms. The van der Waals surface area contributed by atoms with Crippen LogP contribution in [0.1, 0.15) is 46.8 Å². The minimum absolute atomic E-state index is 0.0848. The summed E-state index contributed by atoms with van der Waals surface area (Å²) >= 11 is 0. The molecule has 1 fully saturated rings. The van der Waals surface area contributed by atoms with Crippen LogP contribution in [0.25, 0.3) is 0 Å². The Hall–Kier alpha value is -2.46. The number of hydrogen-bond donors (Lipinski definition) is 1. The summed E-state index contributed by atoms with van der Waals surface area (Å²) in [5.41, 5.74) is 3.95. The van der Waals surface area contributed by atoms with E-state index in [4.69, 9.17) is 0 Å². The first kappa shape index (κ1) is 17.9. The van der Waals surface area contributed by atoms with E-state index >= 15 is 0 Å². The van der Waals surface area contributed by atoms with Gasteiger partial charge < -0.3 is 10.2 Å². The van der Waals surface area contributed by atoms with Crippen molar-refractivity contribution >= 4 is 11.7 Å². The van der Waals surface area contributed by atoms with Crippen molar-refractivity contribution in [1.29, 1.82) is 0 Å². The smallest absolute Gasteiger partial charge is 0.253 e. The average Bonchev–Trinajstić information content (AvgIpc) is 2.73. The number of fused-ring (bicyclic) bond motifs is 1. The molecule has 1 N–H and O–H groups in total. The zero-order valence-electron chi connectivity index (χ0n) is 15.8. The van der Waals surface area contributed by atoms with Crippen molar-refractivity contribution in [3.63, 3.8) is 0 Å². The number of benzene rings is 2. The van der Waals surface area contributed by atoms with Crippen molar-refractivity contribution in [2.24, 2.45) is 0 Å². The molecule has 2 aliphatic heterocycles. The summed E-state index contributed by atoms with van der Waals surface area (Å²) < 4.78 is 0. The Labute approximate surface area is 160 Å². The molecule has 4 nitrogen and oxygen atoms in total. The van der Waals surface area contributed by atoms with E-state index in [9.17, 15) is 9.59 Å². The van der Waals surface area contributed by atoms with Gasteiger partial charge in [0.2, 0.25) is 0 Å². The minimum Gasteiger partial charge on any atom is -0.339 e. The van der Waals surface area contributed by atoms with Crippen LogP contribution in [0.2, 0.25) is 0 Å². The van der Waals surface area contributed by atoms with Crippen LogP contribution in [-0.2, 0) is 23.2 Å². The fraction of sp³-hybridized carbons (Fsp3) is 0.391. The van der Waals surface area contributed by atoms with Gasteiger partial charge in [-0.3, -0.25) is 9.59 Å². The van der Waals surface area contributed by atoms with Gasteiger partial charge in [0.25, 0.3) is 5.91 Å². The second-order valence-electron chi connectivity index (χ2n) is 7.71. The van der Waals surface area contributed by atoms with Gasteiger partial charge in [0, 0.05) is 25.2 Å². The summed E-state index contributed by atoms with van der Waals surface area (Å²) in [6.45, 7) is 4.76. The predicted octanol–water partition coefficient (Wildman–Crippen LogP) is 3.10. The van der Waals surface area contributed by atoms with Gasteiger partial charge >= 0.3 is 0 Å². The maximum absolute atomic E-state index is 13.0. The number of carbonyl (C=O) groups is 2. The molecule has 0 spiro atoms. The van der Waals surface area contributed by atoms with E-state index in [0.29, 0.717) is 25.9 Å². The number of rotatable bonds is 3. The SMILES string of the molecule is CC(=O)C1(c2ccccc2)CCN(C(=O)c2ccc3c(c2)CCNC3)CC1. The monoisotopic (exact) mass is 362 g/mol. The molecule has 2 aromatic carbocycles. The summed E-state index contributed by atoms with van der Waals surface area (Å²) in [5.74, 6) is 0.281. The third-order valence-electron chi connectivity index (χ3n) is 6.24. The van der Waals surface area contributed by atoms with Gasteiger partial charge in [-0.15, -0.1) is 0 Å². The van der Waals surface area contributed by atoms with E-state index < -0.39 is 5.41 Å². The Morgan fingerprint density at radius 3 is 2.44 bits per heavy atom. The highest BCUT2D eigenvalue weighted by Gasteiger charge is 2.41. The number of ketones is 1. The van der Waals surface area contributed by atoms with Gasteiger partial charge in [0.15, 0.2) is 0 Å². The largest absolute Gasteiger partial charge is 0.339 e. The zero-order valence-corrected chi connectivity index (χ0v) is 15.8. The Kier molecular flexibility index (Phi) is 4.83. The maximum Gasteiger partial charge on any atom is 0.253 e. The first-order valence-corrected chi connectivity index (χ1v) is 9.78. The minimum atomic E-state index is -0.459. The Morgan fingerprint density at radius 1 is 1.00 bits per heavy atom. The number of Topliss-reactive ketones (excluding diaryl/α,β-unsaturated/α-hetero) is 1. The van der Waals surface area contributed by atoms with Crippen molar-refractivity contribution in [3.05, 3.63) is 70.8 Å². The van der Waals surface area contributed by atoms with Crippen molar-refractivity contribution < 1.29 is 9.59 Å². The Balaban J connectivity index is 1.51. The quantitative estimate of drug-likeness (QED) is 0.913. The molecular weight excluding hydrogens is 336 g/mol. The van der Waals surface area contributed by atoms with Crippen LogP contribution in [0.3, 0.4) is 0 Å². The number of amides is 1. The van der Waals surface area contributed by atoms with Crippen LogP contribution in [0, 0.1) is 0 Å². The maximum atomic E-state index is 13.0. The first-order chi connectivity index (χ1) is 13.1. The molecule has 2 aromatic rings. The molecule has 0 atom stereocenters. The number of piperidine rings is 1. The highest BCUT2D eigenvalue weighted by molar-refractivity contribution is 5.95. The lowest BCUT2D eigenvalue weighted by Gasteiger charge is -2.40. The van der Waals surface area contributed by atoms with Crippen molar-refractivity contribution in [2.75, 3.05) is 19.6 Å². The van der Waals surface area contributed by atoms with E-state index in [1.807, 2.05) is 41.3 Å². The van der Waals surface area contributed by atoms with Crippen LogP contribution < -0.4 is 5.32 Å². The molecule has 1 amide bonds.